The number of ether oxygens (including phenoxy) is 3. The van der Waals surface area contributed by atoms with Gasteiger partial charge in [0.25, 0.3) is 0 Å². The maximum absolute atomic E-state index is 10.5. The molecular weight excluding hydrogens is 248 g/mol. The van der Waals surface area contributed by atoms with Gasteiger partial charge in [-0.05, 0) is 37.1 Å². The maximum atomic E-state index is 10.5. The average molecular weight is 266 g/mol. The molecule has 1 aromatic rings. The van der Waals surface area contributed by atoms with Crippen LogP contribution < -0.4 is 14.2 Å². The molecule has 0 aliphatic rings. The van der Waals surface area contributed by atoms with Crippen molar-refractivity contribution in [1.82, 2.24) is 0 Å². The molecule has 0 unspecified atom stereocenters. The third-order valence-electron chi connectivity index (χ3n) is 2.42. The molecule has 0 bridgehead atoms. The molecule has 0 heterocycles. The number of carboxylic acid groups (broad SMARTS) is 1. The highest BCUT2D eigenvalue weighted by molar-refractivity contribution is 5.80. The van der Waals surface area contributed by atoms with E-state index in [2.05, 4.69) is 0 Å². The van der Waals surface area contributed by atoms with E-state index in [9.17, 15) is 4.79 Å². The van der Waals surface area contributed by atoms with E-state index in [0.29, 0.717) is 22.8 Å². The number of carboxylic acids is 1. The second kappa shape index (κ2) is 6.68. The van der Waals surface area contributed by atoms with Crippen molar-refractivity contribution in [2.75, 3.05) is 20.8 Å². The molecule has 1 aromatic carbocycles. The Kier molecular flexibility index (Phi) is 5.23. The van der Waals surface area contributed by atoms with E-state index in [0.717, 1.165) is 11.6 Å². The molecule has 0 saturated carbocycles. The number of carbonyl (C=O) groups is 1. The van der Waals surface area contributed by atoms with Crippen LogP contribution in [0.1, 0.15) is 12.5 Å². The summed E-state index contributed by atoms with van der Waals surface area (Å²) in [6.07, 6.45) is 1.10. The van der Waals surface area contributed by atoms with Crippen molar-refractivity contribution in [3.8, 4) is 17.2 Å². The lowest BCUT2D eigenvalue weighted by molar-refractivity contribution is -0.131. The van der Waals surface area contributed by atoms with Crippen molar-refractivity contribution in [1.29, 1.82) is 0 Å². The van der Waals surface area contributed by atoms with Crippen LogP contribution in [0.25, 0.3) is 0 Å². The number of benzene rings is 1. The molecule has 0 aliphatic heterocycles. The van der Waals surface area contributed by atoms with Crippen LogP contribution in [0.5, 0.6) is 17.2 Å². The van der Waals surface area contributed by atoms with Crippen LogP contribution in [0.3, 0.4) is 0 Å². The maximum Gasteiger partial charge on any atom is 0.328 e. The first-order valence-electron chi connectivity index (χ1n) is 5.73. The summed E-state index contributed by atoms with van der Waals surface area (Å²) in [5.41, 5.74) is 1.58. The van der Waals surface area contributed by atoms with Gasteiger partial charge in [-0.25, -0.2) is 4.79 Å². The van der Waals surface area contributed by atoms with E-state index in [-0.39, 0.29) is 6.61 Å². The summed E-state index contributed by atoms with van der Waals surface area (Å²) in [4.78, 5) is 10.5. The summed E-state index contributed by atoms with van der Waals surface area (Å²) in [6.45, 7) is 3.76. The van der Waals surface area contributed by atoms with Crippen molar-refractivity contribution in [2.24, 2.45) is 0 Å². The van der Waals surface area contributed by atoms with Crippen LogP contribution in [0, 0.1) is 6.92 Å². The molecule has 0 amide bonds. The van der Waals surface area contributed by atoms with E-state index in [1.54, 1.807) is 21.1 Å². The Hall–Kier alpha value is -2.17. The van der Waals surface area contributed by atoms with Crippen LogP contribution in [0.15, 0.2) is 23.8 Å². The van der Waals surface area contributed by atoms with E-state index >= 15 is 0 Å². The topological polar surface area (TPSA) is 65.0 Å². The molecule has 0 radical (unpaired) electrons. The van der Waals surface area contributed by atoms with Crippen molar-refractivity contribution in [3.05, 3.63) is 29.3 Å². The summed E-state index contributed by atoms with van der Waals surface area (Å²) >= 11 is 0. The Bertz CT molecular complexity index is 466. The van der Waals surface area contributed by atoms with Gasteiger partial charge < -0.3 is 19.3 Å². The first-order chi connectivity index (χ1) is 8.97. The minimum atomic E-state index is -0.996. The van der Waals surface area contributed by atoms with Gasteiger partial charge in [-0.15, -0.1) is 0 Å². The number of methoxy groups -OCH3 is 2. The van der Waals surface area contributed by atoms with Gasteiger partial charge in [0.05, 0.1) is 14.2 Å². The fraction of sp³-hybridized carbons (Fsp3) is 0.357. The molecule has 0 fully saturated rings. The fourth-order valence-corrected chi connectivity index (χ4v) is 1.59. The van der Waals surface area contributed by atoms with Crippen LogP contribution in [-0.4, -0.2) is 31.9 Å². The average Bonchev–Trinajstić information content (AvgIpc) is 2.35. The van der Waals surface area contributed by atoms with Crippen LogP contribution >= 0.6 is 0 Å². The monoisotopic (exact) mass is 266 g/mol. The third-order valence-corrected chi connectivity index (χ3v) is 2.42. The Morgan fingerprint density at radius 3 is 2.21 bits per heavy atom. The van der Waals surface area contributed by atoms with Crippen molar-refractivity contribution < 1.29 is 24.1 Å². The fourth-order valence-electron chi connectivity index (χ4n) is 1.59. The second-order valence-electron chi connectivity index (χ2n) is 4.12. The van der Waals surface area contributed by atoms with E-state index in [4.69, 9.17) is 19.3 Å². The van der Waals surface area contributed by atoms with Crippen LogP contribution in [-0.2, 0) is 4.79 Å². The summed E-state index contributed by atoms with van der Waals surface area (Å²) in [5.74, 6) is 0.581. The quantitative estimate of drug-likeness (QED) is 0.801. The van der Waals surface area contributed by atoms with Gasteiger partial charge in [0.1, 0.15) is 6.61 Å². The highest BCUT2D eigenvalue weighted by Crippen LogP contribution is 2.38. The van der Waals surface area contributed by atoms with Crippen molar-refractivity contribution in [2.45, 2.75) is 13.8 Å². The summed E-state index contributed by atoms with van der Waals surface area (Å²) in [7, 11) is 3.09. The van der Waals surface area contributed by atoms with Crippen molar-refractivity contribution in [3.63, 3.8) is 0 Å². The standard InChI is InChI=1S/C14H18O5/c1-9-5-11(17-3)14(12(6-9)18-4)19-8-10(2)7-13(15)16/h5-7H,8H2,1-4H3,(H,15,16). The molecule has 104 valence electrons. The Balaban J connectivity index is 2.96. The van der Waals surface area contributed by atoms with Crippen LogP contribution in [0.4, 0.5) is 0 Å². The number of hydrogen-bond acceptors (Lipinski definition) is 4. The molecule has 0 aliphatic carbocycles. The summed E-state index contributed by atoms with van der Waals surface area (Å²) < 4.78 is 16.1. The minimum Gasteiger partial charge on any atom is -0.493 e. The molecule has 0 atom stereocenters. The molecule has 1 rings (SSSR count). The lowest BCUT2D eigenvalue weighted by Gasteiger charge is -2.15. The highest BCUT2D eigenvalue weighted by Gasteiger charge is 2.13. The van der Waals surface area contributed by atoms with Gasteiger partial charge in [-0.1, -0.05) is 0 Å². The summed E-state index contributed by atoms with van der Waals surface area (Å²) in [5, 5.41) is 8.64. The normalized spacial score (nSPS) is 11.1. The van der Waals surface area contributed by atoms with Crippen LogP contribution in [0.2, 0.25) is 0 Å². The van der Waals surface area contributed by atoms with Gasteiger partial charge in [0.2, 0.25) is 5.75 Å². The molecule has 19 heavy (non-hydrogen) atoms. The molecule has 5 heteroatoms. The van der Waals surface area contributed by atoms with Gasteiger partial charge in [-0.2, -0.15) is 0 Å². The molecule has 0 saturated heterocycles. The zero-order valence-corrected chi connectivity index (χ0v) is 11.5. The smallest absolute Gasteiger partial charge is 0.328 e. The molecule has 1 N–H and O–H groups in total. The van der Waals surface area contributed by atoms with Gasteiger partial charge in [0, 0.05) is 6.08 Å². The number of aryl methyl sites for hydroxylation is 1. The Labute approximate surface area is 112 Å². The largest absolute Gasteiger partial charge is 0.493 e. The van der Waals surface area contributed by atoms with E-state index in [1.807, 2.05) is 19.1 Å². The van der Waals surface area contributed by atoms with Crippen molar-refractivity contribution >= 4 is 5.97 Å². The number of hydrogen-bond donors (Lipinski definition) is 1. The van der Waals surface area contributed by atoms with Gasteiger partial charge in [-0.3, -0.25) is 0 Å². The predicted octanol–water partition coefficient (Wildman–Crippen LogP) is 2.42. The van der Waals surface area contributed by atoms with E-state index < -0.39 is 5.97 Å². The molecule has 5 nitrogen and oxygen atoms in total. The molecule has 0 aromatic heterocycles. The number of aliphatic carboxylic acids is 1. The zero-order valence-electron chi connectivity index (χ0n) is 11.5. The first-order valence-corrected chi connectivity index (χ1v) is 5.73. The SMILES string of the molecule is COc1cc(C)cc(OC)c1OCC(C)=CC(=O)O. The lowest BCUT2D eigenvalue weighted by Crippen LogP contribution is -2.04. The summed E-state index contributed by atoms with van der Waals surface area (Å²) in [6, 6.07) is 3.65. The highest BCUT2D eigenvalue weighted by atomic mass is 16.5. The Morgan fingerprint density at radius 2 is 1.79 bits per heavy atom. The Morgan fingerprint density at radius 1 is 1.26 bits per heavy atom. The second-order valence-corrected chi connectivity index (χ2v) is 4.12. The minimum absolute atomic E-state index is 0.155. The molecular formula is C14H18O5. The van der Waals surface area contributed by atoms with Gasteiger partial charge >= 0.3 is 5.97 Å². The first kappa shape index (κ1) is 14.9. The van der Waals surface area contributed by atoms with E-state index in [1.165, 1.54) is 0 Å². The van der Waals surface area contributed by atoms with Gasteiger partial charge in [0.15, 0.2) is 11.5 Å². The third kappa shape index (κ3) is 4.21. The predicted molar refractivity (Wildman–Crippen MR) is 71.2 cm³/mol. The number of rotatable bonds is 6. The lowest BCUT2D eigenvalue weighted by atomic mass is 10.2. The zero-order chi connectivity index (χ0) is 14.4. The molecule has 0 spiro atoms.